The third kappa shape index (κ3) is 7.70. The van der Waals surface area contributed by atoms with Crippen molar-refractivity contribution in [2.45, 2.75) is 31.7 Å². The van der Waals surface area contributed by atoms with Gasteiger partial charge in [-0.05, 0) is 67.3 Å². The van der Waals surface area contributed by atoms with E-state index >= 15 is 0 Å². The van der Waals surface area contributed by atoms with Gasteiger partial charge in [-0.1, -0.05) is 60.7 Å². The van der Waals surface area contributed by atoms with Crippen LogP contribution in [0.25, 0.3) is 22.4 Å². The molecule has 2 amide bonds. The molecule has 0 saturated carbocycles. The fourth-order valence-corrected chi connectivity index (χ4v) is 5.67. The van der Waals surface area contributed by atoms with Crippen LogP contribution in [0.5, 0.6) is 11.5 Å². The number of ether oxygens (including phenoxy) is 1. The first kappa shape index (κ1) is 32.6. The number of hydrogen-bond acceptors (Lipinski definition) is 6. The van der Waals surface area contributed by atoms with E-state index in [9.17, 15) is 14.7 Å². The van der Waals surface area contributed by atoms with Gasteiger partial charge in [-0.2, -0.15) is 0 Å². The summed E-state index contributed by atoms with van der Waals surface area (Å²) in [6.07, 6.45) is 0.818. The summed E-state index contributed by atoms with van der Waals surface area (Å²) in [7, 11) is 0. The molecule has 1 atom stereocenters. The molecular formula is C36H39N7O4. The van der Waals surface area contributed by atoms with Gasteiger partial charge < -0.3 is 36.9 Å². The second-order valence-electron chi connectivity index (χ2n) is 11.1. The molecule has 11 nitrogen and oxygen atoms in total. The Labute approximate surface area is 273 Å². The Morgan fingerprint density at radius 1 is 0.936 bits per heavy atom. The number of hydrogen-bond donors (Lipinski definition) is 5. The van der Waals surface area contributed by atoms with Gasteiger partial charge in [0.05, 0.1) is 17.6 Å². The molecule has 1 heterocycles. The quantitative estimate of drug-likeness (QED) is 0.0679. The molecule has 5 aromatic rings. The zero-order valence-corrected chi connectivity index (χ0v) is 26.2. The fourth-order valence-electron chi connectivity index (χ4n) is 5.67. The number of phenols is 1. The maximum absolute atomic E-state index is 13.5. The Morgan fingerprint density at radius 2 is 1.62 bits per heavy atom. The van der Waals surface area contributed by atoms with E-state index in [1.54, 1.807) is 34.9 Å². The highest BCUT2D eigenvalue weighted by Gasteiger charge is 2.26. The first-order valence-corrected chi connectivity index (χ1v) is 15.5. The number of carbonyl (C=O) groups excluding carboxylic acids is 2. The molecule has 0 spiro atoms. The lowest BCUT2D eigenvalue weighted by Crippen LogP contribution is -2.29. The van der Waals surface area contributed by atoms with Crippen molar-refractivity contribution >= 4 is 28.8 Å². The van der Waals surface area contributed by atoms with Crippen LogP contribution in [0.3, 0.4) is 0 Å². The van der Waals surface area contributed by atoms with Gasteiger partial charge >= 0.3 is 0 Å². The summed E-state index contributed by atoms with van der Waals surface area (Å²) in [6.45, 7) is 2.86. The fraction of sp³-hybridized carbons (Fsp3) is 0.222. The monoisotopic (exact) mass is 633 g/mol. The lowest BCUT2D eigenvalue weighted by molar-refractivity contribution is -0.121. The van der Waals surface area contributed by atoms with Crippen LogP contribution in [0.15, 0.2) is 102 Å². The van der Waals surface area contributed by atoms with Crippen LogP contribution in [0, 0.1) is 0 Å². The highest BCUT2D eigenvalue weighted by atomic mass is 16.5. The molecule has 11 heteroatoms. The van der Waals surface area contributed by atoms with Gasteiger partial charge in [0, 0.05) is 30.1 Å². The van der Waals surface area contributed by atoms with Crippen molar-refractivity contribution in [3.63, 3.8) is 0 Å². The molecule has 0 aliphatic carbocycles. The van der Waals surface area contributed by atoms with Gasteiger partial charge in [0.1, 0.15) is 11.9 Å². The Bertz CT molecular complexity index is 1830. The zero-order valence-electron chi connectivity index (χ0n) is 26.2. The van der Waals surface area contributed by atoms with E-state index in [0.29, 0.717) is 60.5 Å². The lowest BCUT2D eigenvalue weighted by atomic mass is 9.91. The highest BCUT2D eigenvalue weighted by molar-refractivity contribution is 5.98. The molecule has 8 N–H and O–H groups in total. The van der Waals surface area contributed by atoms with Crippen LogP contribution in [-0.2, 0) is 4.79 Å². The Morgan fingerprint density at radius 3 is 2.23 bits per heavy atom. The summed E-state index contributed by atoms with van der Waals surface area (Å²) >= 11 is 0. The van der Waals surface area contributed by atoms with Crippen molar-refractivity contribution in [3.8, 4) is 22.9 Å². The first-order chi connectivity index (χ1) is 22.8. The van der Waals surface area contributed by atoms with Crippen molar-refractivity contribution in [1.29, 1.82) is 0 Å². The summed E-state index contributed by atoms with van der Waals surface area (Å²) in [5.74, 6) is -0.214. The number of rotatable bonds is 14. The van der Waals surface area contributed by atoms with E-state index in [4.69, 9.17) is 26.9 Å². The highest BCUT2D eigenvalue weighted by Crippen LogP contribution is 2.36. The summed E-state index contributed by atoms with van der Waals surface area (Å²) in [5.41, 5.74) is 21.2. The summed E-state index contributed by atoms with van der Waals surface area (Å²) < 4.78 is 7.37. The van der Waals surface area contributed by atoms with Gasteiger partial charge in [0.2, 0.25) is 5.91 Å². The Balaban J connectivity index is 1.50. The Hall–Kier alpha value is -5.84. The number of carbonyl (C=O) groups is 2. The van der Waals surface area contributed by atoms with E-state index in [2.05, 4.69) is 34.6 Å². The number of amides is 2. The molecule has 5 rings (SSSR count). The van der Waals surface area contributed by atoms with Crippen LogP contribution in [0.1, 0.15) is 53.2 Å². The zero-order chi connectivity index (χ0) is 33.3. The van der Waals surface area contributed by atoms with Crippen LogP contribution >= 0.6 is 0 Å². The minimum absolute atomic E-state index is 0.0229. The number of phenolic OH excluding ortho intramolecular Hbond substituents is 1. The number of guanidine groups is 1. The number of nitrogens with two attached hydrogens (primary N) is 3. The third-order valence-electron chi connectivity index (χ3n) is 7.91. The number of aliphatic imine (C=N–C) groups is 1. The molecular weight excluding hydrogens is 594 g/mol. The molecule has 0 bridgehead atoms. The van der Waals surface area contributed by atoms with Crippen LogP contribution in [0.4, 0.5) is 0 Å². The molecule has 0 aliphatic rings. The topological polar surface area (TPSA) is 184 Å². The average molecular weight is 634 g/mol. The number of imidazole rings is 1. The molecule has 1 unspecified atom stereocenters. The van der Waals surface area contributed by atoms with Crippen LogP contribution in [-0.4, -0.2) is 52.1 Å². The van der Waals surface area contributed by atoms with Gasteiger partial charge in [-0.3, -0.25) is 14.6 Å². The summed E-state index contributed by atoms with van der Waals surface area (Å²) in [5, 5.41) is 13.4. The molecule has 4 aromatic carbocycles. The van der Waals surface area contributed by atoms with E-state index < -0.39 is 11.9 Å². The predicted octanol–water partition coefficient (Wildman–Crippen LogP) is 4.45. The van der Waals surface area contributed by atoms with Crippen molar-refractivity contribution in [1.82, 2.24) is 14.9 Å². The molecule has 0 saturated heterocycles. The van der Waals surface area contributed by atoms with Gasteiger partial charge in [0.15, 0.2) is 17.5 Å². The lowest BCUT2D eigenvalue weighted by Gasteiger charge is -2.20. The standard InChI is InChI=1S/C36H39N7O4/c1-2-47-32-21-25(16-18-31(32)44)34-42-28-20-26(15-17-29(28)43(34)30(33(37)45)14-9-19-40-36(38)39)35(46)41-22-27(23-10-5-3-6-11-23)24-12-7-4-8-13-24/h3-8,10-13,15-18,20-21,27,30,44H,2,9,14,19,22H2,1H3,(H2,37,45)(H,41,46)(H4,38,39,40). The van der Waals surface area contributed by atoms with Crippen molar-refractivity contribution in [2.75, 3.05) is 19.7 Å². The molecule has 242 valence electrons. The second-order valence-corrected chi connectivity index (χ2v) is 11.1. The number of primary amides is 1. The minimum Gasteiger partial charge on any atom is -0.504 e. The number of fused-ring (bicyclic) bond motifs is 1. The number of nitrogens with zero attached hydrogens (tertiary/aromatic N) is 3. The molecule has 47 heavy (non-hydrogen) atoms. The van der Waals surface area contributed by atoms with Crippen LogP contribution < -0.4 is 27.3 Å². The minimum atomic E-state index is -0.800. The smallest absolute Gasteiger partial charge is 0.251 e. The van der Waals surface area contributed by atoms with E-state index in [-0.39, 0.29) is 29.3 Å². The van der Waals surface area contributed by atoms with Crippen molar-refractivity contribution in [2.24, 2.45) is 22.2 Å². The van der Waals surface area contributed by atoms with Crippen LogP contribution in [0.2, 0.25) is 0 Å². The normalized spacial score (nSPS) is 11.7. The number of benzene rings is 4. The summed E-state index contributed by atoms with van der Waals surface area (Å²) in [4.78, 5) is 35.3. The third-order valence-corrected chi connectivity index (χ3v) is 7.91. The van der Waals surface area contributed by atoms with E-state index in [1.165, 1.54) is 6.07 Å². The van der Waals surface area contributed by atoms with E-state index in [1.807, 2.05) is 43.3 Å². The summed E-state index contributed by atoms with van der Waals surface area (Å²) in [6, 6.07) is 29.3. The largest absolute Gasteiger partial charge is 0.504 e. The molecule has 0 aliphatic heterocycles. The molecule has 0 radical (unpaired) electrons. The van der Waals surface area contributed by atoms with Crippen molar-refractivity contribution in [3.05, 3.63) is 114 Å². The maximum Gasteiger partial charge on any atom is 0.251 e. The second kappa shape index (κ2) is 15.0. The number of nitrogens with one attached hydrogen (secondary N) is 1. The average Bonchev–Trinajstić information content (AvgIpc) is 3.45. The SMILES string of the molecule is CCOc1cc(-c2nc3cc(C(=O)NCC(c4ccccc4)c4ccccc4)ccc3n2C(CCCN=C(N)N)C(N)=O)ccc1O. The Kier molecular flexibility index (Phi) is 10.4. The molecule has 0 fully saturated rings. The van der Waals surface area contributed by atoms with Crippen molar-refractivity contribution < 1.29 is 19.4 Å². The van der Waals surface area contributed by atoms with Gasteiger partial charge in [0.25, 0.3) is 5.91 Å². The van der Waals surface area contributed by atoms with Gasteiger partial charge in [-0.25, -0.2) is 4.98 Å². The van der Waals surface area contributed by atoms with E-state index in [0.717, 1.165) is 11.1 Å². The number of aromatic hydroxyl groups is 1. The maximum atomic E-state index is 13.5. The predicted molar refractivity (Wildman–Crippen MR) is 183 cm³/mol. The van der Waals surface area contributed by atoms with Gasteiger partial charge in [-0.15, -0.1) is 0 Å². The first-order valence-electron chi connectivity index (χ1n) is 15.5. The number of aromatic nitrogens is 2. The molecule has 1 aromatic heterocycles.